The van der Waals surface area contributed by atoms with E-state index in [1.165, 1.54) is 19.9 Å². The number of amides is 1. The number of carbonyl (C=O) groups is 1. The van der Waals surface area contributed by atoms with Crippen molar-refractivity contribution >= 4 is 22.0 Å². The van der Waals surface area contributed by atoms with Crippen molar-refractivity contribution in [3.63, 3.8) is 0 Å². The first-order chi connectivity index (χ1) is 11.7. The molecule has 0 aliphatic heterocycles. The molecule has 0 aliphatic carbocycles. The third-order valence-corrected chi connectivity index (χ3v) is 4.74. The van der Waals surface area contributed by atoms with Crippen LogP contribution in [0.15, 0.2) is 39.8 Å². The molecule has 0 atom stereocenters. The van der Waals surface area contributed by atoms with Crippen LogP contribution >= 0.6 is 0 Å². The maximum absolute atomic E-state index is 12.2. The van der Waals surface area contributed by atoms with Gasteiger partial charge in [0.25, 0.3) is 15.9 Å². The molecule has 25 heavy (non-hydrogen) atoms. The van der Waals surface area contributed by atoms with Crippen molar-refractivity contribution in [3.8, 4) is 5.75 Å². The van der Waals surface area contributed by atoms with Crippen molar-refractivity contribution < 1.29 is 22.5 Å². The average Bonchev–Trinajstić information content (AvgIpc) is 2.85. The van der Waals surface area contributed by atoms with Gasteiger partial charge in [0.2, 0.25) is 0 Å². The first-order valence-electron chi connectivity index (χ1n) is 7.63. The van der Waals surface area contributed by atoms with Gasteiger partial charge in [-0.05, 0) is 51.5 Å². The van der Waals surface area contributed by atoms with Crippen LogP contribution in [0.25, 0.3) is 6.08 Å². The molecule has 1 aromatic carbocycles. The number of ether oxygens (including phenoxy) is 1. The molecule has 0 bridgehead atoms. The summed E-state index contributed by atoms with van der Waals surface area (Å²) in [6, 6.07) is 7.09. The summed E-state index contributed by atoms with van der Waals surface area (Å²) in [4.78, 5) is 11.8. The van der Waals surface area contributed by atoms with Crippen molar-refractivity contribution in [1.82, 2.24) is 9.88 Å². The number of hydrogen-bond donors (Lipinski definition) is 1. The Morgan fingerprint density at radius 2 is 1.88 bits per heavy atom. The Kier molecular flexibility index (Phi) is 5.63. The zero-order valence-electron chi connectivity index (χ0n) is 14.4. The van der Waals surface area contributed by atoms with E-state index in [2.05, 4.69) is 5.16 Å². The lowest BCUT2D eigenvalue weighted by Gasteiger charge is -2.09. The van der Waals surface area contributed by atoms with Crippen molar-refractivity contribution in [3.05, 3.63) is 47.4 Å². The van der Waals surface area contributed by atoms with E-state index < -0.39 is 15.9 Å². The van der Waals surface area contributed by atoms with E-state index in [0.717, 1.165) is 17.4 Å². The smallest absolute Gasteiger partial charge is 0.269 e. The Morgan fingerprint density at radius 1 is 1.24 bits per heavy atom. The lowest BCUT2D eigenvalue weighted by atomic mass is 10.2. The number of sulfonamides is 1. The van der Waals surface area contributed by atoms with Crippen LogP contribution in [0.3, 0.4) is 0 Å². The van der Waals surface area contributed by atoms with Gasteiger partial charge in [-0.1, -0.05) is 17.3 Å². The molecule has 134 valence electrons. The molecule has 1 aromatic heterocycles. The molecule has 2 rings (SSSR count). The molecule has 0 radical (unpaired) electrons. The van der Waals surface area contributed by atoms with Crippen molar-refractivity contribution in [2.45, 2.75) is 38.7 Å². The van der Waals surface area contributed by atoms with Crippen LogP contribution in [-0.2, 0) is 14.8 Å². The van der Waals surface area contributed by atoms with Crippen LogP contribution in [0, 0.1) is 13.8 Å². The second-order valence-electron chi connectivity index (χ2n) is 5.69. The summed E-state index contributed by atoms with van der Waals surface area (Å²) in [5, 5.41) is 3.58. The summed E-state index contributed by atoms with van der Waals surface area (Å²) < 4.78 is 36.8. The zero-order valence-corrected chi connectivity index (χ0v) is 15.3. The van der Waals surface area contributed by atoms with E-state index in [1.807, 2.05) is 18.6 Å². The van der Waals surface area contributed by atoms with E-state index in [-0.39, 0.29) is 22.5 Å². The standard InChI is InChI=1S/C17H20N2O5S/c1-11(2)23-15-8-5-14(6-9-15)7-10-16(20)19-25(21,22)17-12(3)18-24-13(17)4/h5-11H,1-4H3,(H,19,20). The summed E-state index contributed by atoms with van der Waals surface area (Å²) in [5.41, 5.74) is 0.934. The first kappa shape index (κ1) is 18.7. The minimum absolute atomic E-state index is 0.0710. The predicted molar refractivity (Wildman–Crippen MR) is 92.5 cm³/mol. The Morgan fingerprint density at radius 3 is 2.40 bits per heavy atom. The topological polar surface area (TPSA) is 98.5 Å². The number of aryl methyl sites for hydroxylation is 2. The molecule has 1 amide bonds. The molecule has 1 N–H and O–H groups in total. The van der Waals surface area contributed by atoms with Crippen LogP contribution < -0.4 is 9.46 Å². The highest BCUT2D eigenvalue weighted by molar-refractivity contribution is 7.90. The third kappa shape index (κ3) is 4.93. The molecular weight excluding hydrogens is 344 g/mol. The monoisotopic (exact) mass is 364 g/mol. The van der Waals surface area contributed by atoms with E-state index in [1.54, 1.807) is 24.3 Å². The molecule has 7 nitrogen and oxygen atoms in total. The number of aromatic nitrogens is 1. The fourth-order valence-electron chi connectivity index (χ4n) is 2.18. The van der Waals surface area contributed by atoms with Crippen LogP contribution in [0.4, 0.5) is 0 Å². The Hall–Kier alpha value is -2.61. The van der Waals surface area contributed by atoms with Gasteiger partial charge >= 0.3 is 0 Å². The van der Waals surface area contributed by atoms with Gasteiger partial charge in [-0.2, -0.15) is 0 Å². The van der Waals surface area contributed by atoms with Crippen LogP contribution in [0.1, 0.15) is 30.9 Å². The molecule has 0 saturated carbocycles. The van der Waals surface area contributed by atoms with Crippen LogP contribution in [0.2, 0.25) is 0 Å². The minimum Gasteiger partial charge on any atom is -0.491 e. The van der Waals surface area contributed by atoms with Gasteiger partial charge in [0.05, 0.1) is 6.10 Å². The first-order valence-corrected chi connectivity index (χ1v) is 9.12. The summed E-state index contributed by atoms with van der Waals surface area (Å²) in [6.07, 6.45) is 2.73. The SMILES string of the molecule is Cc1noc(C)c1S(=O)(=O)NC(=O)C=Cc1ccc(OC(C)C)cc1. The lowest BCUT2D eigenvalue weighted by molar-refractivity contribution is -0.114. The maximum atomic E-state index is 12.2. The van der Waals surface area contributed by atoms with Gasteiger partial charge in [-0.3, -0.25) is 4.79 Å². The van der Waals surface area contributed by atoms with E-state index in [4.69, 9.17) is 9.26 Å². The highest BCUT2D eigenvalue weighted by Crippen LogP contribution is 2.18. The van der Waals surface area contributed by atoms with Gasteiger partial charge in [0.15, 0.2) is 10.7 Å². The Balaban J connectivity index is 2.05. The number of nitrogens with zero attached hydrogens (tertiary/aromatic N) is 1. The third-order valence-electron chi connectivity index (χ3n) is 3.15. The lowest BCUT2D eigenvalue weighted by Crippen LogP contribution is -2.29. The fraction of sp³-hybridized carbons (Fsp3) is 0.294. The fourth-order valence-corrected chi connectivity index (χ4v) is 3.45. The second-order valence-corrected chi connectivity index (χ2v) is 7.31. The van der Waals surface area contributed by atoms with Gasteiger partial charge in [0.1, 0.15) is 11.4 Å². The molecule has 0 spiro atoms. The summed E-state index contributed by atoms with van der Waals surface area (Å²) in [6.45, 7) is 6.82. The molecule has 0 saturated heterocycles. The van der Waals surface area contributed by atoms with Gasteiger partial charge < -0.3 is 9.26 Å². The maximum Gasteiger partial charge on any atom is 0.269 e. The van der Waals surface area contributed by atoms with Crippen molar-refractivity contribution in [2.75, 3.05) is 0 Å². The summed E-state index contributed by atoms with van der Waals surface area (Å²) >= 11 is 0. The minimum atomic E-state index is -4.03. The Labute approximate surface area is 146 Å². The molecule has 8 heteroatoms. The number of benzene rings is 1. The number of nitrogens with one attached hydrogen (secondary N) is 1. The summed E-state index contributed by atoms with van der Waals surface area (Å²) in [5.74, 6) is 0.0858. The molecular formula is C17H20N2O5S. The molecule has 2 aromatic rings. The van der Waals surface area contributed by atoms with Gasteiger partial charge in [-0.15, -0.1) is 0 Å². The van der Waals surface area contributed by atoms with Gasteiger partial charge in [-0.25, -0.2) is 13.1 Å². The van der Waals surface area contributed by atoms with Crippen LogP contribution in [-0.4, -0.2) is 25.6 Å². The number of rotatable bonds is 6. The highest BCUT2D eigenvalue weighted by Gasteiger charge is 2.25. The second kappa shape index (κ2) is 7.52. The number of hydrogen-bond acceptors (Lipinski definition) is 6. The highest BCUT2D eigenvalue weighted by atomic mass is 32.2. The quantitative estimate of drug-likeness (QED) is 0.791. The van der Waals surface area contributed by atoms with Crippen molar-refractivity contribution in [1.29, 1.82) is 0 Å². The van der Waals surface area contributed by atoms with E-state index in [9.17, 15) is 13.2 Å². The van der Waals surface area contributed by atoms with Crippen LogP contribution in [0.5, 0.6) is 5.75 Å². The molecule has 0 fully saturated rings. The normalized spacial score (nSPS) is 11.9. The molecule has 1 heterocycles. The average molecular weight is 364 g/mol. The molecule has 0 unspecified atom stereocenters. The predicted octanol–water partition coefficient (Wildman–Crippen LogP) is 2.60. The molecule has 0 aliphatic rings. The van der Waals surface area contributed by atoms with E-state index in [0.29, 0.717) is 0 Å². The summed E-state index contributed by atoms with van der Waals surface area (Å²) in [7, 11) is -4.03. The largest absolute Gasteiger partial charge is 0.491 e. The van der Waals surface area contributed by atoms with Crippen molar-refractivity contribution in [2.24, 2.45) is 0 Å². The van der Waals surface area contributed by atoms with Gasteiger partial charge in [0, 0.05) is 6.08 Å². The number of carbonyl (C=O) groups excluding carboxylic acids is 1. The zero-order chi connectivity index (χ0) is 18.6. The van der Waals surface area contributed by atoms with E-state index >= 15 is 0 Å². The Bertz CT molecular complexity index is 861.